The molecule has 0 unspecified atom stereocenters. The zero-order valence-corrected chi connectivity index (χ0v) is 14.1. The fourth-order valence-corrected chi connectivity index (χ4v) is 2.78. The normalized spacial score (nSPS) is 11.7. The maximum Gasteiger partial charge on any atom is 0.411 e. The van der Waals surface area contributed by atoms with E-state index in [1.54, 1.807) is 6.92 Å². The second kappa shape index (κ2) is 8.41. The number of benzene rings is 1. The summed E-state index contributed by atoms with van der Waals surface area (Å²) in [5, 5.41) is 2.54. The molecule has 2 rings (SSSR count). The number of aromatic nitrogens is 1. The number of aryl methyl sites for hydroxylation is 1. The number of thiazole rings is 1. The lowest BCUT2D eigenvalue weighted by atomic mass is 10.1. The fourth-order valence-electron chi connectivity index (χ4n) is 1.93. The van der Waals surface area contributed by atoms with Crippen molar-refractivity contribution >= 4 is 22.4 Å². The van der Waals surface area contributed by atoms with Gasteiger partial charge in [-0.1, -0.05) is 0 Å². The van der Waals surface area contributed by atoms with Gasteiger partial charge in [0.25, 0.3) is 5.91 Å². The molecule has 1 N–H and O–H groups in total. The predicted molar refractivity (Wildman–Crippen MR) is 84.4 cm³/mol. The van der Waals surface area contributed by atoms with E-state index in [1.807, 2.05) is 0 Å². The second-order valence-corrected chi connectivity index (χ2v) is 6.19. The Morgan fingerprint density at radius 3 is 2.50 bits per heavy atom. The van der Waals surface area contributed by atoms with Gasteiger partial charge < -0.3 is 9.47 Å². The summed E-state index contributed by atoms with van der Waals surface area (Å²) in [6.07, 6.45) is -4.51. The van der Waals surface area contributed by atoms with Crippen LogP contribution in [0, 0.1) is 6.92 Å². The highest BCUT2D eigenvalue weighted by molar-refractivity contribution is 7.16. The predicted octanol–water partition coefficient (Wildman–Crippen LogP) is 4.24. The van der Waals surface area contributed by atoms with E-state index in [-0.39, 0.29) is 10.9 Å². The van der Waals surface area contributed by atoms with Crippen LogP contribution in [-0.4, -0.2) is 36.9 Å². The molecule has 142 valence electrons. The van der Waals surface area contributed by atoms with Gasteiger partial charge in [0.05, 0.1) is 5.69 Å². The lowest BCUT2D eigenvalue weighted by molar-refractivity contribution is -0.174. The number of alkyl halides is 5. The van der Waals surface area contributed by atoms with Gasteiger partial charge in [0, 0.05) is 10.4 Å². The summed E-state index contributed by atoms with van der Waals surface area (Å²) in [5.74, 6) is -0.776. The number of hydrogen-bond acceptors (Lipinski definition) is 5. The second-order valence-electron chi connectivity index (χ2n) is 4.98. The minimum absolute atomic E-state index is 0.00743. The van der Waals surface area contributed by atoms with E-state index in [2.05, 4.69) is 19.8 Å². The summed E-state index contributed by atoms with van der Waals surface area (Å²) >= 11 is 1.12. The van der Waals surface area contributed by atoms with Crippen molar-refractivity contribution in [1.82, 2.24) is 4.98 Å². The van der Waals surface area contributed by atoms with E-state index < -0.39 is 31.9 Å². The van der Waals surface area contributed by atoms with Gasteiger partial charge in [0.15, 0.2) is 5.13 Å². The van der Waals surface area contributed by atoms with Gasteiger partial charge in [-0.15, -0.1) is 11.3 Å². The number of halogens is 5. The Morgan fingerprint density at radius 2 is 1.92 bits per heavy atom. The van der Waals surface area contributed by atoms with Gasteiger partial charge in [-0.25, -0.2) is 4.98 Å². The van der Waals surface area contributed by atoms with Crippen LogP contribution >= 0.6 is 11.3 Å². The molecule has 1 heterocycles. The average molecular weight is 396 g/mol. The average Bonchev–Trinajstić information content (AvgIpc) is 2.86. The molecule has 0 aliphatic heterocycles. The number of amides is 1. The van der Waals surface area contributed by atoms with Crippen LogP contribution in [0.3, 0.4) is 0 Å². The minimum atomic E-state index is -4.51. The van der Waals surface area contributed by atoms with Crippen LogP contribution in [0.1, 0.15) is 4.88 Å². The highest BCUT2D eigenvalue weighted by Crippen LogP contribution is 2.31. The highest BCUT2D eigenvalue weighted by atomic mass is 32.1. The number of nitrogens with zero attached hydrogens (tertiary/aromatic N) is 1. The fraction of sp³-hybridized carbons (Fsp3) is 0.333. The molecule has 5 nitrogen and oxygen atoms in total. The summed E-state index contributed by atoms with van der Waals surface area (Å²) in [4.78, 5) is 16.5. The summed E-state index contributed by atoms with van der Waals surface area (Å²) in [6, 6.07) is 5.75. The Kier molecular flexibility index (Phi) is 6.48. The first-order chi connectivity index (χ1) is 12.1. The van der Waals surface area contributed by atoms with Gasteiger partial charge in [0.2, 0.25) is 0 Å². The summed E-state index contributed by atoms with van der Waals surface area (Å²) < 4.78 is 68.7. The summed E-state index contributed by atoms with van der Waals surface area (Å²) in [6.45, 7) is -3.47. The Balaban J connectivity index is 1.99. The van der Waals surface area contributed by atoms with Gasteiger partial charge in [-0.05, 0) is 31.2 Å². The Bertz CT molecular complexity index is 747. The summed E-state index contributed by atoms with van der Waals surface area (Å²) in [5.41, 5.74) is 1.11. The van der Waals surface area contributed by atoms with Crippen LogP contribution in [0.25, 0.3) is 11.3 Å². The number of anilines is 1. The molecule has 1 aromatic heterocycles. The van der Waals surface area contributed by atoms with Crippen molar-refractivity contribution in [2.75, 3.05) is 18.5 Å². The van der Waals surface area contributed by atoms with Crippen molar-refractivity contribution in [1.29, 1.82) is 0 Å². The third-order valence-corrected chi connectivity index (χ3v) is 3.78. The lowest BCUT2D eigenvalue weighted by Gasteiger charge is -2.06. The molecule has 0 spiro atoms. The summed E-state index contributed by atoms with van der Waals surface area (Å²) in [7, 11) is 0. The van der Waals surface area contributed by atoms with Gasteiger partial charge >= 0.3 is 12.8 Å². The van der Waals surface area contributed by atoms with Crippen LogP contribution in [0.5, 0.6) is 5.75 Å². The first-order valence-corrected chi connectivity index (χ1v) is 7.93. The van der Waals surface area contributed by atoms with E-state index in [9.17, 15) is 26.7 Å². The highest BCUT2D eigenvalue weighted by Gasteiger charge is 2.27. The molecule has 1 aromatic carbocycles. The molecule has 1 amide bonds. The molecule has 0 bridgehead atoms. The monoisotopic (exact) mass is 396 g/mol. The maximum absolute atomic E-state index is 12.1. The molecule has 0 saturated heterocycles. The molecule has 2 aromatic rings. The molecular formula is C15H13F5N2O3S. The zero-order chi connectivity index (χ0) is 19.3. The van der Waals surface area contributed by atoms with Crippen LogP contribution in [0.15, 0.2) is 24.3 Å². The number of rotatable bonds is 7. The molecule has 0 aliphatic carbocycles. The quantitative estimate of drug-likeness (QED) is 0.712. The van der Waals surface area contributed by atoms with Crippen molar-refractivity contribution in [3.8, 4) is 17.0 Å². The van der Waals surface area contributed by atoms with Crippen molar-refractivity contribution < 1.29 is 36.2 Å². The topological polar surface area (TPSA) is 60.5 Å². The zero-order valence-electron chi connectivity index (χ0n) is 13.3. The molecule has 0 saturated carbocycles. The van der Waals surface area contributed by atoms with E-state index in [4.69, 9.17) is 0 Å². The molecular weight excluding hydrogens is 383 g/mol. The molecule has 26 heavy (non-hydrogen) atoms. The standard InChI is InChI=1S/C15H13F5N2O3S/c1-8-12(9-2-4-10(5-3-9)25-13(16)17)22-14(26-8)21-11(23)6-24-7-15(18,19)20/h2-5,13H,6-7H2,1H3,(H,21,22,23). The number of hydrogen-bond donors (Lipinski definition) is 1. The van der Waals surface area contributed by atoms with Crippen LogP contribution in [0.4, 0.5) is 27.1 Å². The number of nitrogens with one attached hydrogen (secondary N) is 1. The molecule has 0 aliphatic rings. The van der Waals surface area contributed by atoms with Crippen LogP contribution < -0.4 is 10.1 Å². The third-order valence-electron chi connectivity index (χ3n) is 2.89. The number of carbonyl (C=O) groups excluding carboxylic acids is 1. The molecule has 11 heteroatoms. The van der Waals surface area contributed by atoms with E-state index >= 15 is 0 Å². The first-order valence-electron chi connectivity index (χ1n) is 7.11. The van der Waals surface area contributed by atoms with E-state index in [1.165, 1.54) is 24.3 Å². The minimum Gasteiger partial charge on any atom is -0.435 e. The SMILES string of the molecule is Cc1sc(NC(=O)COCC(F)(F)F)nc1-c1ccc(OC(F)F)cc1. The van der Waals surface area contributed by atoms with Gasteiger partial charge in [-0.3, -0.25) is 10.1 Å². The smallest absolute Gasteiger partial charge is 0.411 e. The Morgan fingerprint density at radius 1 is 1.27 bits per heavy atom. The van der Waals surface area contributed by atoms with Gasteiger partial charge in [0.1, 0.15) is 19.0 Å². The molecule has 0 radical (unpaired) electrons. The van der Waals surface area contributed by atoms with Crippen molar-refractivity contribution in [2.45, 2.75) is 19.7 Å². The van der Waals surface area contributed by atoms with Crippen molar-refractivity contribution in [3.05, 3.63) is 29.1 Å². The number of ether oxygens (including phenoxy) is 2. The Hall–Kier alpha value is -2.27. The van der Waals surface area contributed by atoms with Crippen molar-refractivity contribution in [2.24, 2.45) is 0 Å². The van der Waals surface area contributed by atoms with E-state index in [0.29, 0.717) is 11.3 Å². The maximum atomic E-state index is 12.1. The van der Waals surface area contributed by atoms with E-state index in [0.717, 1.165) is 16.2 Å². The first kappa shape index (κ1) is 20.0. The van der Waals surface area contributed by atoms with Crippen LogP contribution in [0.2, 0.25) is 0 Å². The van der Waals surface area contributed by atoms with Crippen LogP contribution in [-0.2, 0) is 9.53 Å². The van der Waals surface area contributed by atoms with Gasteiger partial charge in [-0.2, -0.15) is 22.0 Å². The third kappa shape index (κ3) is 6.23. The largest absolute Gasteiger partial charge is 0.435 e. The number of carbonyl (C=O) groups is 1. The molecule has 0 atom stereocenters. The Labute approximate surface area is 148 Å². The molecule has 0 fully saturated rings. The lowest BCUT2D eigenvalue weighted by Crippen LogP contribution is -2.23. The van der Waals surface area contributed by atoms with Crippen molar-refractivity contribution in [3.63, 3.8) is 0 Å².